The molecule has 0 saturated carbocycles. The Bertz CT molecular complexity index is 505. The summed E-state index contributed by atoms with van der Waals surface area (Å²) in [6, 6.07) is 1.92. The number of thioether (sulfide) groups is 1. The molecule has 96 valence electrons. The second-order valence-electron chi connectivity index (χ2n) is 4.03. The van der Waals surface area contributed by atoms with Crippen LogP contribution in [0.2, 0.25) is 0 Å². The lowest BCUT2D eigenvalue weighted by Crippen LogP contribution is -2.27. The van der Waals surface area contributed by atoms with E-state index in [4.69, 9.17) is 5.41 Å². The standard InChI is InChI=1S/C11H13N3O2S2/c1-5-3-9(17-6(5)2)13-8(15)4-7-10(16)14-11(12)18-7/h3,7H,4H2,1-2H3,(H,13,15)(H2,12,14,16). The monoisotopic (exact) mass is 283 g/mol. The highest BCUT2D eigenvalue weighted by molar-refractivity contribution is 8.15. The van der Waals surface area contributed by atoms with Crippen molar-refractivity contribution in [1.29, 1.82) is 5.41 Å². The van der Waals surface area contributed by atoms with Crippen molar-refractivity contribution < 1.29 is 9.59 Å². The maximum Gasteiger partial charge on any atom is 0.240 e. The molecule has 1 saturated heterocycles. The average molecular weight is 283 g/mol. The van der Waals surface area contributed by atoms with Crippen molar-refractivity contribution in [3.63, 3.8) is 0 Å². The third-order valence-corrected chi connectivity index (χ3v) is 4.66. The van der Waals surface area contributed by atoms with Gasteiger partial charge in [0.15, 0.2) is 5.17 Å². The van der Waals surface area contributed by atoms with Crippen LogP contribution in [0.1, 0.15) is 16.9 Å². The van der Waals surface area contributed by atoms with Gasteiger partial charge in [-0.15, -0.1) is 11.3 Å². The number of rotatable bonds is 3. The zero-order valence-corrected chi connectivity index (χ0v) is 11.6. The zero-order valence-electron chi connectivity index (χ0n) is 9.99. The highest BCUT2D eigenvalue weighted by Gasteiger charge is 2.31. The van der Waals surface area contributed by atoms with Crippen LogP contribution in [-0.4, -0.2) is 22.2 Å². The van der Waals surface area contributed by atoms with Crippen LogP contribution in [0.4, 0.5) is 5.00 Å². The van der Waals surface area contributed by atoms with E-state index in [1.165, 1.54) is 16.2 Å². The molecule has 1 aliphatic rings. The first-order valence-corrected chi connectivity index (χ1v) is 7.08. The maximum absolute atomic E-state index is 11.8. The zero-order chi connectivity index (χ0) is 13.3. The number of amides is 2. The minimum Gasteiger partial charge on any atom is -0.318 e. The first kappa shape index (κ1) is 13.1. The number of amidine groups is 1. The number of carbonyl (C=O) groups is 2. The summed E-state index contributed by atoms with van der Waals surface area (Å²) >= 11 is 2.61. The molecule has 2 heterocycles. The van der Waals surface area contributed by atoms with Crippen molar-refractivity contribution >= 4 is 45.1 Å². The fourth-order valence-electron chi connectivity index (χ4n) is 1.54. The van der Waals surface area contributed by atoms with Gasteiger partial charge in [-0.1, -0.05) is 11.8 Å². The summed E-state index contributed by atoms with van der Waals surface area (Å²) in [5.74, 6) is -0.461. The van der Waals surface area contributed by atoms with Crippen LogP contribution in [-0.2, 0) is 9.59 Å². The van der Waals surface area contributed by atoms with Crippen LogP contribution in [0.15, 0.2) is 6.07 Å². The number of hydrogen-bond acceptors (Lipinski definition) is 5. The van der Waals surface area contributed by atoms with E-state index in [-0.39, 0.29) is 23.4 Å². The Morgan fingerprint density at radius 1 is 1.56 bits per heavy atom. The second-order valence-corrected chi connectivity index (χ2v) is 6.50. The highest BCUT2D eigenvalue weighted by atomic mass is 32.2. The molecule has 1 fully saturated rings. The largest absolute Gasteiger partial charge is 0.318 e. The number of nitrogens with one attached hydrogen (secondary N) is 3. The van der Waals surface area contributed by atoms with E-state index >= 15 is 0 Å². The summed E-state index contributed by atoms with van der Waals surface area (Å²) in [6.45, 7) is 3.99. The van der Waals surface area contributed by atoms with Crippen molar-refractivity contribution in [2.24, 2.45) is 0 Å². The summed E-state index contributed by atoms with van der Waals surface area (Å²) in [6.07, 6.45) is 0.0921. The SMILES string of the molecule is Cc1cc(NC(=O)CC2SC(=N)NC2=O)sc1C. The van der Waals surface area contributed by atoms with E-state index in [2.05, 4.69) is 10.6 Å². The maximum atomic E-state index is 11.8. The molecule has 18 heavy (non-hydrogen) atoms. The van der Waals surface area contributed by atoms with Crippen LogP contribution in [0.5, 0.6) is 0 Å². The molecular weight excluding hydrogens is 270 g/mol. The molecule has 1 aromatic rings. The number of hydrogen-bond donors (Lipinski definition) is 3. The molecule has 0 radical (unpaired) electrons. The lowest BCUT2D eigenvalue weighted by atomic mass is 10.2. The highest BCUT2D eigenvalue weighted by Crippen LogP contribution is 2.27. The number of anilines is 1. The van der Waals surface area contributed by atoms with Gasteiger partial charge < -0.3 is 10.6 Å². The molecule has 0 spiro atoms. The Labute approximate surface area is 113 Å². The van der Waals surface area contributed by atoms with Crippen LogP contribution >= 0.6 is 23.1 Å². The van der Waals surface area contributed by atoms with E-state index in [1.807, 2.05) is 19.9 Å². The molecule has 5 nitrogen and oxygen atoms in total. The molecule has 1 aliphatic heterocycles. The minimum absolute atomic E-state index is 0.0921. The Balaban J connectivity index is 1.93. The van der Waals surface area contributed by atoms with Crippen molar-refractivity contribution in [3.05, 3.63) is 16.5 Å². The van der Waals surface area contributed by atoms with Crippen molar-refractivity contribution in [2.45, 2.75) is 25.5 Å². The average Bonchev–Trinajstić information content (AvgIpc) is 2.71. The number of carbonyl (C=O) groups excluding carboxylic acids is 2. The molecule has 1 atom stereocenters. The summed E-state index contributed by atoms with van der Waals surface area (Å²) in [5.41, 5.74) is 1.14. The molecule has 3 N–H and O–H groups in total. The van der Waals surface area contributed by atoms with E-state index in [9.17, 15) is 9.59 Å². The van der Waals surface area contributed by atoms with Crippen LogP contribution < -0.4 is 10.6 Å². The van der Waals surface area contributed by atoms with Gasteiger partial charge in [-0.25, -0.2) is 0 Å². The molecule has 0 aromatic carbocycles. The van der Waals surface area contributed by atoms with Gasteiger partial charge in [-0.3, -0.25) is 15.0 Å². The van der Waals surface area contributed by atoms with Gasteiger partial charge in [0.25, 0.3) is 0 Å². The number of thiophene rings is 1. The summed E-state index contributed by atoms with van der Waals surface area (Å²) in [7, 11) is 0. The van der Waals surface area contributed by atoms with E-state index in [1.54, 1.807) is 0 Å². The molecule has 1 unspecified atom stereocenters. The molecule has 0 aliphatic carbocycles. The number of aryl methyl sites for hydroxylation is 2. The van der Waals surface area contributed by atoms with Gasteiger partial charge in [-0.05, 0) is 25.5 Å². The summed E-state index contributed by atoms with van der Waals surface area (Å²) < 4.78 is 0. The van der Waals surface area contributed by atoms with Gasteiger partial charge in [-0.2, -0.15) is 0 Å². The third kappa shape index (κ3) is 2.91. The first-order valence-electron chi connectivity index (χ1n) is 5.38. The molecule has 2 amide bonds. The van der Waals surface area contributed by atoms with Gasteiger partial charge in [0.1, 0.15) is 5.25 Å². The topological polar surface area (TPSA) is 82.1 Å². The fourth-order valence-corrected chi connectivity index (χ4v) is 3.34. The normalized spacial score (nSPS) is 18.9. The minimum atomic E-state index is -0.486. The Morgan fingerprint density at radius 3 is 2.78 bits per heavy atom. The van der Waals surface area contributed by atoms with Crippen molar-refractivity contribution in [1.82, 2.24) is 5.32 Å². The third-order valence-electron chi connectivity index (χ3n) is 2.59. The Hall–Kier alpha value is -1.34. The van der Waals surface area contributed by atoms with Crippen molar-refractivity contribution in [3.8, 4) is 0 Å². The predicted molar refractivity (Wildman–Crippen MR) is 74.3 cm³/mol. The van der Waals surface area contributed by atoms with Gasteiger partial charge in [0, 0.05) is 11.3 Å². The quantitative estimate of drug-likeness (QED) is 0.792. The molecule has 2 rings (SSSR count). The smallest absolute Gasteiger partial charge is 0.240 e. The Morgan fingerprint density at radius 2 is 2.28 bits per heavy atom. The van der Waals surface area contributed by atoms with Gasteiger partial charge in [0.2, 0.25) is 11.8 Å². The Kier molecular flexibility index (Phi) is 3.72. The second kappa shape index (κ2) is 5.11. The lowest BCUT2D eigenvalue weighted by Gasteiger charge is -2.05. The van der Waals surface area contributed by atoms with Gasteiger partial charge >= 0.3 is 0 Å². The summed E-state index contributed by atoms with van der Waals surface area (Å²) in [5, 5.41) is 12.9. The summed E-state index contributed by atoms with van der Waals surface area (Å²) in [4.78, 5) is 24.3. The first-order chi connectivity index (χ1) is 8.45. The molecular formula is C11H13N3O2S2. The fraction of sp³-hybridized carbons (Fsp3) is 0.364. The predicted octanol–water partition coefficient (Wildman–Crippen LogP) is 1.86. The van der Waals surface area contributed by atoms with E-state index < -0.39 is 5.25 Å². The lowest BCUT2D eigenvalue weighted by molar-refractivity contribution is -0.122. The van der Waals surface area contributed by atoms with E-state index in [0.29, 0.717) is 0 Å². The van der Waals surface area contributed by atoms with Crippen LogP contribution in [0, 0.1) is 19.3 Å². The van der Waals surface area contributed by atoms with E-state index in [0.717, 1.165) is 22.3 Å². The molecule has 0 bridgehead atoms. The molecule has 1 aromatic heterocycles. The van der Waals surface area contributed by atoms with Crippen molar-refractivity contribution in [2.75, 3.05) is 5.32 Å². The van der Waals surface area contributed by atoms with Crippen LogP contribution in [0.25, 0.3) is 0 Å². The van der Waals surface area contributed by atoms with Gasteiger partial charge in [0.05, 0.1) is 5.00 Å². The van der Waals surface area contributed by atoms with Crippen LogP contribution in [0.3, 0.4) is 0 Å². The molecule has 7 heteroatoms.